The van der Waals surface area contributed by atoms with Crippen LogP contribution in [0.2, 0.25) is 0 Å². The minimum Gasteiger partial charge on any atom is -0.493 e. The second-order valence-corrected chi connectivity index (χ2v) is 6.97. The first-order chi connectivity index (χ1) is 14.8. The monoisotopic (exact) mass is 441 g/mol. The highest BCUT2D eigenvalue weighted by Gasteiger charge is 2.22. The topological polar surface area (TPSA) is 125 Å². The van der Waals surface area contributed by atoms with E-state index in [1.165, 1.54) is 32.4 Å². The van der Waals surface area contributed by atoms with Gasteiger partial charge in [0.15, 0.2) is 5.75 Å². The summed E-state index contributed by atoms with van der Waals surface area (Å²) in [6, 6.07) is 10.4. The number of nitro benzene ring substituents is 1. The van der Waals surface area contributed by atoms with Crippen LogP contribution in [-0.4, -0.2) is 33.1 Å². The van der Waals surface area contributed by atoms with Gasteiger partial charge < -0.3 is 9.47 Å². The van der Waals surface area contributed by atoms with Crippen LogP contribution in [0, 0.1) is 28.7 Å². The molecule has 2 aromatic carbocycles. The van der Waals surface area contributed by atoms with Crippen molar-refractivity contribution in [1.29, 1.82) is 0 Å². The zero-order chi connectivity index (χ0) is 22.5. The number of aryl methyl sites for hydroxylation is 2. The van der Waals surface area contributed by atoms with Crippen molar-refractivity contribution in [2.24, 2.45) is 5.10 Å². The summed E-state index contributed by atoms with van der Waals surface area (Å²) in [7, 11) is 1.38. The standard InChI is InChI=1S/C20H19N5O5S/c1-12-5-4-6-14(7-12)11-30-18-16(25(27)28)8-15(9-17(18)29-3)10-21-24-19(26)13(2)22-23-20(24)31/h4-10H,11H2,1-3H3,(H,23,31)/b21-10-. The van der Waals surface area contributed by atoms with Gasteiger partial charge in [-0.25, -0.2) is 0 Å². The maximum Gasteiger partial charge on any atom is 0.315 e. The molecule has 11 heteroatoms. The second-order valence-electron chi connectivity index (χ2n) is 6.58. The van der Waals surface area contributed by atoms with E-state index in [9.17, 15) is 14.9 Å². The van der Waals surface area contributed by atoms with Gasteiger partial charge in [-0.2, -0.15) is 14.9 Å². The number of aromatic nitrogens is 3. The Kier molecular flexibility index (Phi) is 6.55. The quantitative estimate of drug-likeness (QED) is 0.258. The summed E-state index contributed by atoms with van der Waals surface area (Å²) < 4.78 is 12.0. The molecule has 3 aromatic rings. The Morgan fingerprint density at radius 1 is 1.32 bits per heavy atom. The Morgan fingerprint density at radius 3 is 2.77 bits per heavy atom. The van der Waals surface area contributed by atoms with Crippen LogP contribution < -0.4 is 15.0 Å². The smallest absolute Gasteiger partial charge is 0.315 e. The summed E-state index contributed by atoms with van der Waals surface area (Å²) in [5, 5.41) is 22.0. The lowest BCUT2D eigenvalue weighted by Crippen LogP contribution is -2.22. The SMILES string of the molecule is COc1cc(/C=N\n2c(=S)[nH]nc(C)c2=O)cc([N+](=O)[O-])c1OCc1cccc(C)c1. The van der Waals surface area contributed by atoms with Gasteiger partial charge in [0.05, 0.1) is 18.2 Å². The Morgan fingerprint density at radius 2 is 2.10 bits per heavy atom. The van der Waals surface area contributed by atoms with E-state index in [2.05, 4.69) is 15.3 Å². The Balaban J connectivity index is 1.98. The van der Waals surface area contributed by atoms with Gasteiger partial charge in [-0.3, -0.25) is 20.0 Å². The molecule has 0 spiro atoms. The van der Waals surface area contributed by atoms with E-state index >= 15 is 0 Å². The number of nitrogens with zero attached hydrogens (tertiary/aromatic N) is 4. The molecule has 3 rings (SSSR count). The highest BCUT2D eigenvalue weighted by atomic mass is 32.1. The normalized spacial score (nSPS) is 10.9. The summed E-state index contributed by atoms with van der Waals surface area (Å²) >= 11 is 5.02. The van der Waals surface area contributed by atoms with Gasteiger partial charge in [0.2, 0.25) is 10.5 Å². The predicted octanol–water partition coefficient (Wildman–Crippen LogP) is 3.30. The van der Waals surface area contributed by atoms with Gasteiger partial charge in [-0.1, -0.05) is 29.8 Å². The van der Waals surface area contributed by atoms with E-state index in [1.54, 1.807) is 0 Å². The molecule has 0 amide bonds. The number of rotatable bonds is 7. The molecule has 0 fully saturated rings. The van der Waals surface area contributed by atoms with Gasteiger partial charge in [-0.15, -0.1) is 0 Å². The third-order valence-corrected chi connectivity index (χ3v) is 4.54. The average molecular weight is 441 g/mol. The number of benzene rings is 2. The Labute approximate surface area is 181 Å². The van der Waals surface area contributed by atoms with Gasteiger partial charge in [0.25, 0.3) is 5.56 Å². The molecule has 1 aromatic heterocycles. The molecule has 0 radical (unpaired) electrons. The maximum atomic E-state index is 12.2. The number of hydrogen-bond donors (Lipinski definition) is 1. The molecule has 31 heavy (non-hydrogen) atoms. The third-order valence-electron chi connectivity index (χ3n) is 4.28. The predicted molar refractivity (Wildman–Crippen MR) is 117 cm³/mol. The first kappa shape index (κ1) is 21.8. The Hall–Kier alpha value is -3.86. The first-order valence-corrected chi connectivity index (χ1v) is 9.48. The number of methoxy groups -OCH3 is 1. The van der Waals surface area contributed by atoms with Crippen molar-refractivity contribution in [1.82, 2.24) is 14.9 Å². The van der Waals surface area contributed by atoms with Crippen LogP contribution >= 0.6 is 12.2 Å². The average Bonchev–Trinajstić information content (AvgIpc) is 2.74. The van der Waals surface area contributed by atoms with Crippen molar-refractivity contribution < 1.29 is 14.4 Å². The maximum absolute atomic E-state index is 12.2. The second kappa shape index (κ2) is 9.30. The first-order valence-electron chi connectivity index (χ1n) is 9.07. The van der Waals surface area contributed by atoms with Crippen LogP contribution in [0.1, 0.15) is 22.4 Å². The van der Waals surface area contributed by atoms with Crippen molar-refractivity contribution in [3.63, 3.8) is 0 Å². The lowest BCUT2D eigenvalue weighted by Gasteiger charge is -2.12. The van der Waals surface area contributed by atoms with Crippen molar-refractivity contribution in [3.8, 4) is 11.5 Å². The molecule has 1 heterocycles. The van der Waals surface area contributed by atoms with Crippen LogP contribution in [0.15, 0.2) is 46.3 Å². The molecule has 1 N–H and O–H groups in total. The molecule has 0 saturated carbocycles. The minimum absolute atomic E-state index is 0.000343. The number of ether oxygens (including phenoxy) is 2. The summed E-state index contributed by atoms with van der Waals surface area (Å²) in [4.78, 5) is 23.3. The number of nitro groups is 1. The molecule has 0 saturated heterocycles. The van der Waals surface area contributed by atoms with Gasteiger partial charge >= 0.3 is 5.69 Å². The number of nitrogens with one attached hydrogen (secondary N) is 1. The molecule has 0 aliphatic carbocycles. The number of aromatic amines is 1. The fourth-order valence-corrected chi connectivity index (χ4v) is 2.95. The largest absolute Gasteiger partial charge is 0.493 e. The number of hydrogen-bond acceptors (Lipinski definition) is 8. The molecule has 0 unspecified atom stereocenters. The van der Waals surface area contributed by atoms with Crippen LogP contribution in [0.5, 0.6) is 11.5 Å². The fraction of sp³-hybridized carbons (Fsp3) is 0.200. The fourth-order valence-electron chi connectivity index (χ4n) is 2.77. The van der Waals surface area contributed by atoms with Crippen molar-refractivity contribution in [3.05, 3.63) is 84.0 Å². The van der Waals surface area contributed by atoms with Crippen LogP contribution in [0.4, 0.5) is 5.69 Å². The lowest BCUT2D eigenvalue weighted by molar-refractivity contribution is -0.386. The minimum atomic E-state index is -0.569. The van der Waals surface area contributed by atoms with E-state index in [0.717, 1.165) is 15.8 Å². The van der Waals surface area contributed by atoms with Crippen LogP contribution in [-0.2, 0) is 6.61 Å². The van der Waals surface area contributed by atoms with Crippen molar-refractivity contribution >= 4 is 24.1 Å². The highest BCUT2D eigenvalue weighted by molar-refractivity contribution is 7.71. The van der Waals surface area contributed by atoms with Crippen molar-refractivity contribution in [2.75, 3.05) is 7.11 Å². The van der Waals surface area contributed by atoms with E-state index in [1.807, 2.05) is 31.2 Å². The van der Waals surface area contributed by atoms with Crippen LogP contribution in [0.3, 0.4) is 0 Å². The molecule has 0 atom stereocenters. The lowest BCUT2D eigenvalue weighted by atomic mass is 10.1. The molecule has 0 aliphatic heterocycles. The number of H-pyrrole nitrogens is 1. The molecular weight excluding hydrogens is 422 g/mol. The van der Waals surface area contributed by atoms with E-state index < -0.39 is 10.5 Å². The highest BCUT2D eigenvalue weighted by Crippen LogP contribution is 2.38. The van der Waals surface area contributed by atoms with Gasteiger partial charge in [-0.05, 0) is 37.7 Å². The summed E-state index contributed by atoms with van der Waals surface area (Å²) in [6.45, 7) is 3.59. The van der Waals surface area contributed by atoms with Gasteiger partial charge in [0.1, 0.15) is 12.3 Å². The summed E-state index contributed by atoms with van der Waals surface area (Å²) in [6.07, 6.45) is 1.27. The zero-order valence-corrected chi connectivity index (χ0v) is 17.8. The zero-order valence-electron chi connectivity index (χ0n) is 17.0. The van der Waals surface area contributed by atoms with Crippen LogP contribution in [0.25, 0.3) is 0 Å². The molecule has 10 nitrogen and oxygen atoms in total. The summed E-state index contributed by atoms with van der Waals surface area (Å²) in [5.74, 6) is 0.159. The molecular formula is C20H19N5O5S. The van der Waals surface area contributed by atoms with E-state index in [0.29, 0.717) is 5.56 Å². The molecule has 0 bridgehead atoms. The summed E-state index contributed by atoms with van der Waals surface area (Å²) in [5.41, 5.74) is 1.62. The molecule has 160 valence electrons. The van der Waals surface area contributed by atoms with E-state index in [4.69, 9.17) is 21.7 Å². The van der Waals surface area contributed by atoms with E-state index in [-0.39, 0.29) is 34.3 Å². The molecule has 0 aliphatic rings. The third kappa shape index (κ3) is 5.01. The van der Waals surface area contributed by atoms with Gasteiger partial charge in [0, 0.05) is 11.6 Å². The Bertz CT molecular complexity index is 1280. The van der Waals surface area contributed by atoms with Crippen molar-refractivity contribution in [2.45, 2.75) is 20.5 Å².